The van der Waals surface area contributed by atoms with Crippen LogP contribution in [0.15, 0.2) is 60.7 Å². The molecule has 0 heterocycles. The van der Waals surface area contributed by atoms with Gasteiger partial charge in [0.1, 0.15) is 12.7 Å². The first-order valence-corrected chi connectivity index (χ1v) is 7.26. The maximum Gasteiger partial charge on any atom is 0.408 e. The van der Waals surface area contributed by atoms with Gasteiger partial charge in [-0.15, -0.1) is 0 Å². The summed E-state index contributed by atoms with van der Waals surface area (Å²) in [7, 11) is 0. The number of esters is 1. The minimum Gasteiger partial charge on any atom is -0.448 e. The highest BCUT2D eigenvalue weighted by atomic mass is 16.6. The number of nitriles is 1. The third kappa shape index (κ3) is 5.14. The highest BCUT2D eigenvalue weighted by molar-refractivity contribution is 5.82. The molecule has 2 rings (SSSR count). The molecule has 0 spiro atoms. The largest absolute Gasteiger partial charge is 0.448 e. The molecule has 24 heavy (non-hydrogen) atoms. The van der Waals surface area contributed by atoms with Crippen LogP contribution in [0.1, 0.15) is 17.2 Å². The molecular weight excluding hydrogens is 308 g/mol. The lowest BCUT2D eigenvalue weighted by molar-refractivity contribution is -0.144. The van der Waals surface area contributed by atoms with E-state index in [0.717, 1.165) is 5.56 Å². The Kier molecular flexibility index (Phi) is 6.35. The highest BCUT2D eigenvalue weighted by Crippen LogP contribution is 2.15. The van der Waals surface area contributed by atoms with Crippen molar-refractivity contribution in [1.82, 2.24) is 5.32 Å². The molecule has 2 aromatic carbocycles. The van der Waals surface area contributed by atoms with E-state index in [2.05, 4.69) is 5.32 Å². The van der Waals surface area contributed by atoms with Gasteiger partial charge >= 0.3 is 12.1 Å². The van der Waals surface area contributed by atoms with Gasteiger partial charge in [-0.2, -0.15) is 5.26 Å². The molecule has 1 N–H and O–H groups in total. The number of alkyl carbamates (subject to hydrolysis) is 1. The van der Waals surface area contributed by atoms with Gasteiger partial charge in [0.05, 0.1) is 0 Å². The Hall–Kier alpha value is -3.33. The van der Waals surface area contributed by atoms with Crippen molar-refractivity contribution < 1.29 is 19.1 Å². The van der Waals surface area contributed by atoms with E-state index < -0.39 is 18.1 Å². The summed E-state index contributed by atoms with van der Waals surface area (Å²) in [5.74, 6) is -0.723. The number of nitrogens with one attached hydrogen (secondary N) is 1. The zero-order valence-corrected chi connectivity index (χ0v) is 12.8. The number of amides is 1. The number of ether oxygens (including phenoxy) is 2. The Bertz CT molecular complexity index is 711. The van der Waals surface area contributed by atoms with Gasteiger partial charge in [0, 0.05) is 0 Å². The zero-order chi connectivity index (χ0) is 17.2. The molecule has 6 heteroatoms. The van der Waals surface area contributed by atoms with Gasteiger partial charge in [-0.05, 0) is 11.1 Å². The van der Waals surface area contributed by atoms with E-state index in [1.54, 1.807) is 36.4 Å². The Morgan fingerprint density at radius 2 is 1.62 bits per heavy atom. The van der Waals surface area contributed by atoms with Crippen molar-refractivity contribution in [2.24, 2.45) is 0 Å². The number of benzene rings is 2. The van der Waals surface area contributed by atoms with Crippen molar-refractivity contribution >= 4 is 12.1 Å². The van der Waals surface area contributed by atoms with E-state index >= 15 is 0 Å². The van der Waals surface area contributed by atoms with E-state index in [4.69, 9.17) is 14.7 Å². The molecule has 0 bridgehead atoms. The lowest BCUT2D eigenvalue weighted by Crippen LogP contribution is -2.35. The zero-order valence-electron chi connectivity index (χ0n) is 12.8. The summed E-state index contributed by atoms with van der Waals surface area (Å²) in [4.78, 5) is 24.0. The second-order valence-electron chi connectivity index (χ2n) is 4.82. The van der Waals surface area contributed by atoms with Crippen molar-refractivity contribution in [3.8, 4) is 6.07 Å². The molecule has 122 valence electrons. The molecule has 0 saturated heterocycles. The predicted molar refractivity (Wildman–Crippen MR) is 85.5 cm³/mol. The van der Waals surface area contributed by atoms with E-state index in [1.807, 2.05) is 30.3 Å². The van der Waals surface area contributed by atoms with Crippen LogP contribution in [0.5, 0.6) is 0 Å². The molecule has 2 aromatic rings. The molecule has 1 amide bonds. The van der Waals surface area contributed by atoms with Crippen LogP contribution in [-0.4, -0.2) is 18.7 Å². The van der Waals surface area contributed by atoms with Gasteiger partial charge in [0.25, 0.3) is 0 Å². The van der Waals surface area contributed by atoms with Gasteiger partial charge in [0.2, 0.25) is 0 Å². The number of rotatable bonds is 6. The molecule has 0 saturated carbocycles. The Labute approximate surface area is 139 Å². The van der Waals surface area contributed by atoms with Gasteiger partial charge < -0.3 is 14.8 Å². The van der Waals surface area contributed by atoms with Gasteiger partial charge in [-0.25, -0.2) is 9.59 Å². The summed E-state index contributed by atoms with van der Waals surface area (Å²) >= 11 is 0. The molecule has 0 aliphatic heterocycles. The normalized spacial score (nSPS) is 11.0. The first-order chi connectivity index (χ1) is 11.7. The SMILES string of the molecule is N#CCOC(=O)[C@@H](NC(=O)OCc1ccccc1)c1ccccc1. The van der Waals surface area contributed by atoms with Crippen molar-refractivity contribution in [3.05, 3.63) is 71.8 Å². The van der Waals surface area contributed by atoms with Crippen molar-refractivity contribution in [2.75, 3.05) is 6.61 Å². The second-order valence-corrected chi connectivity index (χ2v) is 4.82. The second kappa shape index (κ2) is 8.96. The Morgan fingerprint density at radius 3 is 2.25 bits per heavy atom. The summed E-state index contributed by atoms with van der Waals surface area (Å²) in [6.07, 6.45) is -0.749. The van der Waals surface area contributed by atoms with Crippen LogP contribution < -0.4 is 5.32 Å². The van der Waals surface area contributed by atoms with Crippen LogP contribution in [0.2, 0.25) is 0 Å². The average Bonchev–Trinajstić information content (AvgIpc) is 2.64. The maximum absolute atomic E-state index is 12.1. The Balaban J connectivity index is 2.00. The van der Waals surface area contributed by atoms with Crippen molar-refractivity contribution in [1.29, 1.82) is 5.26 Å². The topological polar surface area (TPSA) is 88.4 Å². The van der Waals surface area contributed by atoms with Gasteiger partial charge in [-0.3, -0.25) is 0 Å². The maximum atomic E-state index is 12.1. The summed E-state index contributed by atoms with van der Waals surface area (Å²) in [6.45, 7) is -0.301. The first kappa shape index (κ1) is 17.0. The molecule has 0 radical (unpaired) electrons. The molecule has 0 aromatic heterocycles. The number of nitrogens with zero attached hydrogens (tertiary/aromatic N) is 1. The highest BCUT2D eigenvalue weighted by Gasteiger charge is 2.24. The fraction of sp³-hybridized carbons (Fsp3) is 0.167. The van der Waals surface area contributed by atoms with Crippen LogP contribution in [0, 0.1) is 11.3 Å². The summed E-state index contributed by atoms with van der Waals surface area (Å²) < 4.78 is 9.91. The summed E-state index contributed by atoms with van der Waals surface area (Å²) in [5, 5.41) is 11.0. The molecule has 0 aliphatic carbocycles. The lowest BCUT2D eigenvalue weighted by Gasteiger charge is -2.17. The Morgan fingerprint density at radius 1 is 1.00 bits per heavy atom. The van der Waals surface area contributed by atoms with Crippen molar-refractivity contribution in [2.45, 2.75) is 12.6 Å². The first-order valence-electron chi connectivity index (χ1n) is 7.26. The number of hydrogen-bond donors (Lipinski definition) is 1. The standard InChI is InChI=1S/C18H16N2O4/c19-11-12-23-17(21)16(15-9-5-2-6-10-15)20-18(22)24-13-14-7-3-1-4-8-14/h1-10,16H,12-13H2,(H,20,22)/t16-/m0/s1. The molecule has 6 nitrogen and oxygen atoms in total. The van der Waals surface area contributed by atoms with Gasteiger partial charge in [0.15, 0.2) is 12.6 Å². The monoisotopic (exact) mass is 324 g/mol. The average molecular weight is 324 g/mol. The smallest absolute Gasteiger partial charge is 0.408 e. The summed E-state index contributed by atoms with van der Waals surface area (Å²) in [5.41, 5.74) is 1.37. The van der Waals surface area contributed by atoms with E-state index in [0.29, 0.717) is 5.56 Å². The minimum absolute atomic E-state index is 0.0847. The summed E-state index contributed by atoms with van der Waals surface area (Å²) in [6, 6.07) is 18.5. The van der Waals surface area contributed by atoms with Crippen LogP contribution in [-0.2, 0) is 20.9 Å². The molecule has 0 fully saturated rings. The number of hydrogen-bond acceptors (Lipinski definition) is 5. The van der Waals surface area contributed by atoms with Crippen LogP contribution in [0.4, 0.5) is 4.79 Å². The van der Waals surface area contributed by atoms with Gasteiger partial charge in [-0.1, -0.05) is 60.7 Å². The fourth-order valence-electron chi connectivity index (χ4n) is 1.99. The van der Waals surface area contributed by atoms with Crippen LogP contribution in [0.25, 0.3) is 0 Å². The third-order valence-corrected chi connectivity index (χ3v) is 3.12. The number of carbonyl (C=O) groups is 2. The van der Waals surface area contributed by atoms with E-state index in [-0.39, 0.29) is 13.2 Å². The number of carbonyl (C=O) groups excluding carboxylic acids is 2. The minimum atomic E-state index is -1.04. The van der Waals surface area contributed by atoms with E-state index in [1.165, 1.54) is 0 Å². The lowest BCUT2D eigenvalue weighted by atomic mass is 10.1. The van der Waals surface area contributed by atoms with Crippen LogP contribution in [0.3, 0.4) is 0 Å². The molecule has 0 aliphatic rings. The predicted octanol–water partition coefficient (Wildman–Crippen LogP) is 2.72. The molecule has 1 atom stereocenters. The fourth-order valence-corrected chi connectivity index (χ4v) is 1.99. The van der Waals surface area contributed by atoms with E-state index in [9.17, 15) is 9.59 Å². The van der Waals surface area contributed by atoms with Crippen LogP contribution >= 0.6 is 0 Å². The third-order valence-electron chi connectivity index (χ3n) is 3.12. The van der Waals surface area contributed by atoms with Crippen molar-refractivity contribution in [3.63, 3.8) is 0 Å². The molecular formula is C18H16N2O4. The molecule has 0 unspecified atom stereocenters. The quantitative estimate of drug-likeness (QED) is 0.825.